The molecule has 3 rings (SSSR count). The summed E-state index contributed by atoms with van der Waals surface area (Å²) in [4.78, 5) is 18.7. The second-order valence-corrected chi connectivity index (χ2v) is 6.79. The molecular weight excluding hydrogens is 332 g/mol. The van der Waals surface area contributed by atoms with E-state index in [-0.39, 0.29) is 5.91 Å². The van der Waals surface area contributed by atoms with Gasteiger partial charge in [0.1, 0.15) is 5.52 Å². The van der Waals surface area contributed by atoms with Crippen LogP contribution in [0.15, 0.2) is 52.1 Å². The first-order chi connectivity index (χ1) is 12.1. The molecule has 0 N–H and O–H groups in total. The quantitative estimate of drug-likeness (QED) is 0.590. The summed E-state index contributed by atoms with van der Waals surface area (Å²) in [6.45, 7) is 7.47. The maximum atomic E-state index is 12.3. The molecule has 0 unspecified atom stereocenters. The summed E-state index contributed by atoms with van der Waals surface area (Å²) in [5.41, 5.74) is 4.73. The Balaban J connectivity index is 1.67. The number of benzene rings is 2. The van der Waals surface area contributed by atoms with E-state index in [0.29, 0.717) is 5.22 Å². The summed E-state index contributed by atoms with van der Waals surface area (Å²) in [5, 5.41) is 0.674. The van der Waals surface area contributed by atoms with E-state index in [4.69, 9.17) is 4.42 Å². The van der Waals surface area contributed by atoms with Crippen molar-refractivity contribution in [2.75, 3.05) is 13.1 Å². The van der Waals surface area contributed by atoms with Crippen LogP contribution in [-0.4, -0.2) is 28.9 Å². The first-order valence-corrected chi connectivity index (χ1v) is 9.48. The molecule has 4 nitrogen and oxygen atoms in total. The number of thioether (sulfide) groups is 1. The molecule has 0 spiro atoms. The lowest BCUT2D eigenvalue weighted by molar-refractivity contribution is 0.0773. The number of fused-ring (bicyclic) bond motifs is 1. The number of hydrogen-bond donors (Lipinski definition) is 0. The maximum absolute atomic E-state index is 12.3. The van der Waals surface area contributed by atoms with Gasteiger partial charge < -0.3 is 9.32 Å². The lowest BCUT2D eigenvalue weighted by atomic mass is 10.1. The Morgan fingerprint density at radius 3 is 2.48 bits per heavy atom. The summed E-state index contributed by atoms with van der Waals surface area (Å²) in [6, 6.07) is 13.7. The Morgan fingerprint density at radius 1 is 1.12 bits per heavy atom. The van der Waals surface area contributed by atoms with Crippen molar-refractivity contribution in [3.8, 4) is 0 Å². The van der Waals surface area contributed by atoms with Crippen molar-refractivity contribution in [1.82, 2.24) is 9.88 Å². The normalized spacial score (nSPS) is 11.0. The largest absolute Gasteiger partial charge is 0.431 e. The molecule has 25 heavy (non-hydrogen) atoms. The van der Waals surface area contributed by atoms with Crippen molar-refractivity contribution in [2.45, 2.75) is 31.7 Å². The molecule has 0 saturated heterocycles. The van der Waals surface area contributed by atoms with Crippen LogP contribution in [0, 0.1) is 6.92 Å². The fourth-order valence-corrected chi connectivity index (χ4v) is 3.50. The minimum Gasteiger partial charge on any atom is -0.431 e. The van der Waals surface area contributed by atoms with Crippen LogP contribution in [0.4, 0.5) is 0 Å². The van der Waals surface area contributed by atoms with E-state index in [1.807, 2.05) is 68.1 Å². The van der Waals surface area contributed by atoms with Gasteiger partial charge in [-0.2, -0.15) is 0 Å². The maximum Gasteiger partial charge on any atom is 0.257 e. The zero-order valence-electron chi connectivity index (χ0n) is 14.8. The molecule has 1 heterocycles. The van der Waals surface area contributed by atoms with E-state index < -0.39 is 0 Å². The minimum absolute atomic E-state index is 0.0821. The summed E-state index contributed by atoms with van der Waals surface area (Å²) in [6.07, 6.45) is 0. The number of carbonyl (C=O) groups is 1. The van der Waals surface area contributed by atoms with E-state index in [1.54, 1.807) is 11.8 Å². The monoisotopic (exact) mass is 354 g/mol. The lowest BCUT2D eigenvalue weighted by Crippen LogP contribution is -2.30. The van der Waals surface area contributed by atoms with E-state index in [2.05, 4.69) is 4.98 Å². The molecule has 0 bridgehead atoms. The predicted octanol–water partition coefficient (Wildman–Crippen LogP) is 4.91. The summed E-state index contributed by atoms with van der Waals surface area (Å²) in [7, 11) is 0. The standard InChI is InChI=1S/C20H22N2O2S/c1-4-22(5-2)19(23)16-11-9-15(10-12-16)13-25-20-21-18-14(3)7-6-8-17(18)24-20/h6-12H,4-5,13H2,1-3H3. The van der Waals surface area contributed by atoms with Crippen molar-refractivity contribution in [1.29, 1.82) is 0 Å². The SMILES string of the molecule is CCN(CC)C(=O)c1ccc(CSc2nc3c(C)cccc3o2)cc1. The number of hydrogen-bond acceptors (Lipinski definition) is 4. The van der Waals surface area contributed by atoms with Gasteiger partial charge in [-0.1, -0.05) is 36.0 Å². The Kier molecular flexibility index (Phi) is 5.43. The van der Waals surface area contributed by atoms with Gasteiger partial charge in [-0.15, -0.1) is 0 Å². The molecule has 3 aromatic rings. The highest BCUT2D eigenvalue weighted by atomic mass is 32.2. The number of para-hydroxylation sites is 1. The summed E-state index contributed by atoms with van der Waals surface area (Å²) >= 11 is 1.56. The van der Waals surface area contributed by atoms with E-state index >= 15 is 0 Å². The van der Waals surface area contributed by atoms with Crippen LogP contribution in [0.5, 0.6) is 0 Å². The van der Waals surface area contributed by atoms with E-state index in [9.17, 15) is 4.79 Å². The van der Waals surface area contributed by atoms with Crippen LogP contribution in [0.2, 0.25) is 0 Å². The molecule has 0 aliphatic carbocycles. The van der Waals surface area contributed by atoms with Gasteiger partial charge >= 0.3 is 0 Å². The molecule has 0 aliphatic rings. The number of amides is 1. The highest BCUT2D eigenvalue weighted by Crippen LogP contribution is 2.27. The number of rotatable bonds is 6. The fraction of sp³-hybridized carbons (Fsp3) is 0.300. The Morgan fingerprint density at radius 2 is 1.84 bits per heavy atom. The molecule has 0 atom stereocenters. The highest BCUT2D eigenvalue weighted by molar-refractivity contribution is 7.98. The van der Waals surface area contributed by atoms with Gasteiger partial charge in [0.2, 0.25) is 0 Å². The third kappa shape index (κ3) is 3.87. The van der Waals surface area contributed by atoms with E-state index in [1.165, 1.54) is 0 Å². The number of nitrogens with zero attached hydrogens (tertiary/aromatic N) is 2. The van der Waals surface area contributed by atoms with Crippen molar-refractivity contribution in [3.63, 3.8) is 0 Å². The molecule has 1 amide bonds. The van der Waals surface area contributed by atoms with Crippen LogP contribution < -0.4 is 0 Å². The first kappa shape index (κ1) is 17.5. The smallest absolute Gasteiger partial charge is 0.257 e. The van der Waals surface area contributed by atoms with Crippen LogP contribution >= 0.6 is 11.8 Å². The fourth-order valence-electron chi connectivity index (χ4n) is 2.71. The van der Waals surface area contributed by atoms with Gasteiger partial charge in [0.15, 0.2) is 5.58 Å². The molecule has 0 radical (unpaired) electrons. The molecule has 1 aromatic heterocycles. The van der Waals surface area contributed by atoms with Crippen molar-refractivity contribution < 1.29 is 9.21 Å². The number of aromatic nitrogens is 1. The molecule has 0 saturated carbocycles. The minimum atomic E-state index is 0.0821. The molecular formula is C20H22N2O2S. The third-order valence-electron chi connectivity index (χ3n) is 4.21. The van der Waals surface area contributed by atoms with Crippen molar-refractivity contribution >= 4 is 28.8 Å². The average Bonchev–Trinajstić information content (AvgIpc) is 3.06. The van der Waals surface area contributed by atoms with Gasteiger partial charge in [-0.05, 0) is 50.1 Å². The van der Waals surface area contributed by atoms with Gasteiger partial charge in [0, 0.05) is 24.4 Å². The van der Waals surface area contributed by atoms with Crippen LogP contribution in [0.1, 0.15) is 35.3 Å². The molecule has 5 heteroatoms. The van der Waals surface area contributed by atoms with Crippen LogP contribution in [0.3, 0.4) is 0 Å². The van der Waals surface area contributed by atoms with Crippen molar-refractivity contribution in [2.24, 2.45) is 0 Å². The zero-order chi connectivity index (χ0) is 17.8. The Bertz CT molecular complexity index is 867. The predicted molar refractivity (Wildman–Crippen MR) is 102 cm³/mol. The summed E-state index contributed by atoms with van der Waals surface area (Å²) in [5.74, 6) is 0.838. The number of aryl methyl sites for hydroxylation is 1. The van der Waals surface area contributed by atoms with Gasteiger partial charge in [0.25, 0.3) is 11.1 Å². The Hall–Kier alpha value is -2.27. The summed E-state index contributed by atoms with van der Waals surface area (Å²) < 4.78 is 5.78. The zero-order valence-corrected chi connectivity index (χ0v) is 15.6. The number of oxazole rings is 1. The average molecular weight is 354 g/mol. The van der Waals surface area contributed by atoms with E-state index in [0.717, 1.165) is 46.6 Å². The lowest BCUT2D eigenvalue weighted by Gasteiger charge is -2.18. The Labute approximate surface area is 152 Å². The number of carbonyl (C=O) groups excluding carboxylic acids is 1. The molecule has 130 valence electrons. The topological polar surface area (TPSA) is 46.3 Å². The van der Waals surface area contributed by atoms with Gasteiger partial charge in [-0.25, -0.2) is 4.98 Å². The molecule has 2 aromatic carbocycles. The van der Waals surface area contributed by atoms with Crippen LogP contribution in [0.25, 0.3) is 11.1 Å². The highest BCUT2D eigenvalue weighted by Gasteiger charge is 2.12. The second kappa shape index (κ2) is 7.74. The van der Waals surface area contributed by atoms with Gasteiger partial charge in [0.05, 0.1) is 0 Å². The third-order valence-corrected chi connectivity index (χ3v) is 5.11. The first-order valence-electron chi connectivity index (χ1n) is 8.49. The second-order valence-electron chi connectivity index (χ2n) is 5.86. The van der Waals surface area contributed by atoms with Crippen LogP contribution in [-0.2, 0) is 5.75 Å². The molecule has 0 fully saturated rings. The molecule has 0 aliphatic heterocycles. The van der Waals surface area contributed by atoms with Gasteiger partial charge in [-0.3, -0.25) is 4.79 Å². The van der Waals surface area contributed by atoms with Crippen molar-refractivity contribution in [3.05, 3.63) is 59.2 Å².